The zero-order valence-corrected chi connectivity index (χ0v) is 23.1. The van der Waals surface area contributed by atoms with Gasteiger partial charge in [0, 0.05) is 11.6 Å². The van der Waals surface area contributed by atoms with Gasteiger partial charge in [-0.05, 0) is 66.8 Å². The molecular weight excluding hydrogens is 548 g/mol. The molecule has 0 bridgehead atoms. The number of aliphatic hydroxyl groups excluding tert-OH is 3. The molecule has 2 aromatic carbocycles. The number of aliphatic hydroxyl groups is 3. The number of carboxylic acid groups (broad SMARTS) is 1. The molecule has 6 atom stereocenters. The molecule has 39 heavy (non-hydrogen) atoms. The number of rotatable bonds is 13. The molecule has 214 valence electrons. The Morgan fingerprint density at radius 1 is 1.10 bits per heavy atom. The number of ether oxygens (including phenoxy) is 2. The minimum atomic E-state index is -1.34. The van der Waals surface area contributed by atoms with Crippen molar-refractivity contribution in [1.29, 1.82) is 0 Å². The first-order chi connectivity index (χ1) is 18.6. The Labute approximate surface area is 236 Å². The molecule has 3 rings (SSSR count). The molecule has 1 aliphatic rings. The Bertz CT molecular complexity index is 1100. The van der Waals surface area contributed by atoms with Crippen LogP contribution in [0.3, 0.4) is 0 Å². The normalized spacial score (nSPS) is 23.7. The van der Waals surface area contributed by atoms with Crippen molar-refractivity contribution in [3.63, 3.8) is 0 Å². The maximum absolute atomic E-state index is 12.0. The van der Waals surface area contributed by atoms with Gasteiger partial charge in [-0.3, -0.25) is 9.59 Å². The molecule has 0 radical (unpaired) electrons. The highest BCUT2D eigenvalue weighted by Gasteiger charge is 2.44. The van der Waals surface area contributed by atoms with Crippen molar-refractivity contribution in [2.45, 2.75) is 61.6 Å². The van der Waals surface area contributed by atoms with Gasteiger partial charge in [0.15, 0.2) is 6.61 Å². The fraction of sp³-hybridized carbons (Fsp3) is 0.481. The van der Waals surface area contributed by atoms with Crippen LogP contribution in [-0.4, -0.2) is 81.5 Å². The smallest absolute Gasteiger partial charge is 0.320 e. The average molecular weight is 583 g/mol. The van der Waals surface area contributed by atoms with Crippen molar-refractivity contribution in [2.75, 3.05) is 19.4 Å². The van der Waals surface area contributed by atoms with Crippen molar-refractivity contribution in [3.05, 3.63) is 64.2 Å². The molecule has 7 N–H and O–H groups in total. The fourth-order valence-corrected chi connectivity index (χ4v) is 5.04. The maximum Gasteiger partial charge on any atom is 0.320 e. The van der Waals surface area contributed by atoms with Crippen LogP contribution in [0.25, 0.3) is 0 Å². The first-order valence-corrected chi connectivity index (χ1v) is 14.2. The minimum absolute atomic E-state index is 0.150. The van der Waals surface area contributed by atoms with Gasteiger partial charge in [-0.2, -0.15) is 0 Å². The van der Waals surface area contributed by atoms with Gasteiger partial charge in [-0.15, -0.1) is 11.8 Å². The topological polar surface area (TPSA) is 172 Å². The Morgan fingerprint density at radius 3 is 2.49 bits per heavy atom. The summed E-state index contributed by atoms with van der Waals surface area (Å²) >= 11 is 7.69. The van der Waals surface area contributed by atoms with Gasteiger partial charge >= 0.3 is 5.97 Å². The molecule has 0 aliphatic carbocycles. The summed E-state index contributed by atoms with van der Waals surface area (Å²) in [6.45, 7) is 0.261. The third-order valence-electron chi connectivity index (χ3n) is 6.47. The van der Waals surface area contributed by atoms with Crippen LogP contribution in [-0.2, 0) is 20.7 Å². The highest BCUT2D eigenvalue weighted by atomic mass is 35.5. The van der Waals surface area contributed by atoms with Gasteiger partial charge in [-0.25, -0.2) is 0 Å². The lowest BCUT2D eigenvalue weighted by molar-refractivity contribution is -0.200. The zero-order valence-electron chi connectivity index (χ0n) is 21.5. The average Bonchev–Trinajstić information content (AvgIpc) is 2.92. The third-order valence-corrected chi connectivity index (χ3v) is 7.69. The summed E-state index contributed by atoms with van der Waals surface area (Å²) < 4.78 is 11.4. The molecule has 1 fully saturated rings. The van der Waals surface area contributed by atoms with Crippen LogP contribution in [0.4, 0.5) is 0 Å². The number of unbranched alkanes of at least 4 members (excludes halogenated alkanes) is 1. The van der Waals surface area contributed by atoms with E-state index in [1.165, 1.54) is 11.8 Å². The summed E-state index contributed by atoms with van der Waals surface area (Å²) in [5, 5.41) is 42.9. The number of benzene rings is 2. The van der Waals surface area contributed by atoms with Crippen LogP contribution in [0.1, 0.15) is 42.1 Å². The van der Waals surface area contributed by atoms with Crippen molar-refractivity contribution in [1.82, 2.24) is 5.32 Å². The standard InChI is InChI=1S/C27H35ClN2O8S/c1-39-27-24(34)22(32)23(33)25(38-27)16-7-10-19(28)17(13-16)12-15-5-8-18(9-6-15)37-14-21(31)30-11-3-2-4-20(29)26(35)36/h5-10,13,20,22-25,27,32-34H,2-4,11-12,14,29H2,1H3,(H,30,31)(H,35,36)/t20-,22+,23+,24-,25-,27+/m0/s1. The van der Waals surface area contributed by atoms with Crippen LogP contribution in [0, 0.1) is 0 Å². The predicted molar refractivity (Wildman–Crippen MR) is 148 cm³/mol. The van der Waals surface area contributed by atoms with E-state index in [4.69, 9.17) is 31.9 Å². The molecule has 1 heterocycles. The number of carboxylic acids is 1. The van der Waals surface area contributed by atoms with Crippen LogP contribution in [0.5, 0.6) is 5.75 Å². The second-order valence-electron chi connectivity index (χ2n) is 9.38. The number of halogens is 1. The number of carbonyl (C=O) groups is 2. The van der Waals surface area contributed by atoms with Crippen molar-refractivity contribution < 1.29 is 39.5 Å². The fourth-order valence-electron chi connectivity index (χ4n) is 4.19. The van der Waals surface area contributed by atoms with Crippen molar-refractivity contribution in [3.8, 4) is 5.75 Å². The molecule has 1 saturated heterocycles. The lowest BCUT2D eigenvalue weighted by Crippen LogP contribution is -2.52. The number of carbonyl (C=O) groups excluding carboxylic acids is 1. The van der Waals surface area contributed by atoms with Crippen molar-refractivity contribution >= 4 is 35.2 Å². The van der Waals surface area contributed by atoms with Crippen LogP contribution >= 0.6 is 23.4 Å². The number of thioether (sulfide) groups is 1. The first-order valence-electron chi connectivity index (χ1n) is 12.6. The number of nitrogens with one attached hydrogen (secondary N) is 1. The summed E-state index contributed by atoms with van der Waals surface area (Å²) in [7, 11) is 0. The Balaban J connectivity index is 1.51. The minimum Gasteiger partial charge on any atom is -0.484 e. The Morgan fingerprint density at radius 2 is 1.82 bits per heavy atom. The van der Waals surface area contributed by atoms with Crippen LogP contribution in [0.15, 0.2) is 42.5 Å². The number of amides is 1. The SMILES string of the molecule is CS[C@H]1O[C@@H](c2ccc(Cl)c(Cc3ccc(OCC(=O)NCCCC[C@H](N)C(=O)O)cc3)c2)[C@H](O)[C@@H](O)[C@@H]1O. The Kier molecular flexibility index (Phi) is 11.9. The van der Waals surface area contributed by atoms with E-state index in [1.54, 1.807) is 30.5 Å². The number of nitrogens with two attached hydrogens (primary N) is 1. The van der Waals surface area contributed by atoms with Gasteiger partial charge in [0.2, 0.25) is 0 Å². The van der Waals surface area contributed by atoms with E-state index >= 15 is 0 Å². The molecule has 0 aromatic heterocycles. The highest BCUT2D eigenvalue weighted by Crippen LogP contribution is 2.37. The van der Waals surface area contributed by atoms with Gasteiger partial charge < -0.3 is 41.0 Å². The van der Waals surface area contributed by atoms with E-state index in [-0.39, 0.29) is 12.5 Å². The third kappa shape index (κ3) is 8.81. The molecule has 0 saturated carbocycles. The number of aliphatic carboxylic acids is 1. The quantitative estimate of drug-likeness (QED) is 0.191. The molecule has 1 amide bonds. The van der Waals surface area contributed by atoms with E-state index in [2.05, 4.69) is 5.32 Å². The van der Waals surface area contributed by atoms with Gasteiger partial charge in [0.05, 0.1) is 0 Å². The molecule has 0 unspecified atom stereocenters. The van der Waals surface area contributed by atoms with E-state index < -0.39 is 41.9 Å². The predicted octanol–water partition coefficient (Wildman–Crippen LogP) is 1.85. The highest BCUT2D eigenvalue weighted by molar-refractivity contribution is 7.99. The number of hydrogen-bond acceptors (Lipinski definition) is 9. The Hall–Kier alpha value is -2.38. The van der Waals surface area contributed by atoms with Crippen LogP contribution < -0.4 is 15.8 Å². The monoisotopic (exact) mass is 582 g/mol. The van der Waals surface area contributed by atoms with Gasteiger partial charge in [-0.1, -0.05) is 35.9 Å². The van der Waals surface area contributed by atoms with Gasteiger partial charge in [0.1, 0.15) is 41.6 Å². The second-order valence-corrected chi connectivity index (χ2v) is 10.7. The lowest BCUT2D eigenvalue weighted by Gasteiger charge is -2.40. The lowest BCUT2D eigenvalue weighted by atomic mass is 9.92. The second kappa shape index (κ2) is 14.8. The maximum atomic E-state index is 12.0. The summed E-state index contributed by atoms with van der Waals surface area (Å²) in [6.07, 6.45) is -0.824. The molecule has 1 aliphatic heterocycles. The molecule has 10 nitrogen and oxygen atoms in total. The molecule has 12 heteroatoms. The molecule has 2 aromatic rings. The number of hydrogen-bond donors (Lipinski definition) is 6. The molecular formula is C27H35ClN2O8S. The summed E-state index contributed by atoms with van der Waals surface area (Å²) in [5.74, 6) is -0.787. The first kappa shape index (κ1) is 31.2. The van der Waals surface area contributed by atoms with Gasteiger partial charge in [0.25, 0.3) is 5.91 Å². The van der Waals surface area contributed by atoms with Crippen molar-refractivity contribution in [2.24, 2.45) is 5.73 Å². The van der Waals surface area contributed by atoms with E-state index in [9.17, 15) is 24.9 Å². The summed E-state index contributed by atoms with van der Waals surface area (Å²) in [6, 6.07) is 11.6. The summed E-state index contributed by atoms with van der Waals surface area (Å²) in [5.41, 5.74) is 7.15. The molecule has 0 spiro atoms. The van der Waals surface area contributed by atoms with E-state index in [0.29, 0.717) is 48.6 Å². The van der Waals surface area contributed by atoms with Crippen LogP contribution in [0.2, 0.25) is 5.02 Å². The van der Waals surface area contributed by atoms with E-state index in [0.717, 1.165) is 11.1 Å². The zero-order chi connectivity index (χ0) is 28.5. The summed E-state index contributed by atoms with van der Waals surface area (Å²) in [4.78, 5) is 22.7. The largest absolute Gasteiger partial charge is 0.484 e. The van der Waals surface area contributed by atoms with E-state index in [1.807, 2.05) is 18.2 Å².